The van der Waals surface area contributed by atoms with Gasteiger partial charge in [0.2, 0.25) is 0 Å². The quantitative estimate of drug-likeness (QED) is 0.783. The lowest BCUT2D eigenvalue weighted by molar-refractivity contribution is 0.0688. The van der Waals surface area contributed by atoms with Crippen molar-refractivity contribution in [1.29, 1.82) is 0 Å². The van der Waals surface area contributed by atoms with Gasteiger partial charge in [0, 0.05) is 9.90 Å². The summed E-state index contributed by atoms with van der Waals surface area (Å²) in [5, 5.41) is 10.2. The van der Waals surface area contributed by atoms with E-state index in [1.165, 1.54) is 11.3 Å². The van der Waals surface area contributed by atoms with Crippen LogP contribution in [0.1, 0.15) is 28.0 Å². The highest BCUT2D eigenvalue weighted by Gasteiger charge is 2.23. The zero-order chi connectivity index (χ0) is 15.1. The number of nitrogens with zero attached hydrogens (tertiary/aromatic N) is 2. The van der Waals surface area contributed by atoms with Crippen LogP contribution in [-0.2, 0) is 6.42 Å². The number of aromatic carboxylic acids is 1. The van der Waals surface area contributed by atoms with E-state index in [1.54, 1.807) is 16.5 Å². The lowest BCUT2D eigenvalue weighted by Crippen LogP contribution is -2.06. The number of carbonyl (C=O) groups is 1. The van der Waals surface area contributed by atoms with Crippen molar-refractivity contribution in [3.05, 3.63) is 45.6 Å². The maximum atomic E-state index is 11.6. The van der Waals surface area contributed by atoms with Gasteiger partial charge >= 0.3 is 5.97 Å². The zero-order valence-electron chi connectivity index (χ0n) is 11.6. The molecule has 0 radical (unpaired) electrons. The average Bonchev–Trinajstić information content (AvgIpc) is 2.93. The molecule has 21 heavy (non-hydrogen) atoms. The molecule has 3 aromatic rings. The monoisotopic (exact) mass is 320 g/mol. The summed E-state index contributed by atoms with van der Waals surface area (Å²) in [6, 6.07) is 7.40. The Bertz CT molecular complexity index is 834. The molecule has 1 N–H and O–H groups in total. The van der Waals surface area contributed by atoms with E-state index in [2.05, 4.69) is 4.98 Å². The second kappa shape index (κ2) is 5.16. The first-order valence-electron chi connectivity index (χ1n) is 6.53. The van der Waals surface area contributed by atoms with E-state index in [0.29, 0.717) is 22.1 Å². The molecule has 2 heterocycles. The Morgan fingerprint density at radius 1 is 1.38 bits per heavy atom. The standard InChI is InChI=1S/C15H13ClN2O2S/c1-3-11-13(14(19)20)18-12(8(2)21-15(18)17-11)9-4-6-10(16)7-5-9/h4-7H,3H2,1-2H3,(H,19,20). The summed E-state index contributed by atoms with van der Waals surface area (Å²) in [4.78, 5) is 17.8. The molecule has 0 atom stereocenters. The van der Waals surface area contributed by atoms with Gasteiger partial charge in [-0.2, -0.15) is 0 Å². The summed E-state index contributed by atoms with van der Waals surface area (Å²) in [5.41, 5.74) is 2.67. The predicted molar refractivity (Wildman–Crippen MR) is 84.6 cm³/mol. The van der Waals surface area contributed by atoms with Gasteiger partial charge in [-0.25, -0.2) is 9.78 Å². The van der Waals surface area contributed by atoms with Crippen LogP contribution in [0.2, 0.25) is 5.02 Å². The van der Waals surface area contributed by atoms with Gasteiger partial charge in [0.15, 0.2) is 10.7 Å². The molecule has 0 bridgehead atoms. The molecule has 0 aliphatic rings. The molecule has 1 aromatic carbocycles. The largest absolute Gasteiger partial charge is 0.477 e. The summed E-state index contributed by atoms with van der Waals surface area (Å²) in [6.45, 7) is 3.88. The molecule has 0 amide bonds. The van der Waals surface area contributed by atoms with Crippen molar-refractivity contribution in [2.75, 3.05) is 0 Å². The van der Waals surface area contributed by atoms with Crippen LogP contribution in [-0.4, -0.2) is 20.5 Å². The Labute approximate surface area is 130 Å². The number of hydrogen-bond acceptors (Lipinski definition) is 3. The third-order valence-electron chi connectivity index (χ3n) is 3.38. The number of aryl methyl sites for hydroxylation is 2. The molecule has 0 saturated heterocycles. The van der Waals surface area contributed by atoms with Gasteiger partial charge in [0.25, 0.3) is 0 Å². The lowest BCUT2D eigenvalue weighted by atomic mass is 10.1. The molecule has 0 spiro atoms. The number of thiazole rings is 1. The Morgan fingerprint density at radius 2 is 2.05 bits per heavy atom. The molecular weight excluding hydrogens is 308 g/mol. The van der Waals surface area contributed by atoms with Gasteiger partial charge in [0.1, 0.15) is 0 Å². The van der Waals surface area contributed by atoms with Crippen LogP contribution in [0.15, 0.2) is 24.3 Å². The van der Waals surface area contributed by atoms with Crippen molar-refractivity contribution in [3.8, 4) is 11.3 Å². The number of aromatic nitrogens is 2. The maximum Gasteiger partial charge on any atom is 0.354 e. The highest BCUT2D eigenvalue weighted by atomic mass is 35.5. The molecule has 0 unspecified atom stereocenters. The van der Waals surface area contributed by atoms with Gasteiger partial charge in [0.05, 0.1) is 11.4 Å². The number of imidazole rings is 1. The van der Waals surface area contributed by atoms with Crippen LogP contribution in [0.4, 0.5) is 0 Å². The minimum atomic E-state index is -0.952. The molecule has 3 rings (SSSR count). The first kappa shape index (κ1) is 14.1. The first-order chi connectivity index (χ1) is 10.0. The maximum absolute atomic E-state index is 11.6. The van der Waals surface area contributed by atoms with E-state index in [4.69, 9.17) is 11.6 Å². The van der Waals surface area contributed by atoms with Crippen LogP contribution < -0.4 is 0 Å². The van der Waals surface area contributed by atoms with Crippen molar-refractivity contribution in [2.45, 2.75) is 20.3 Å². The lowest BCUT2D eigenvalue weighted by Gasteiger charge is -2.05. The number of rotatable bonds is 3. The van der Waals surface area contributed by atoms with Gasteiger partial charge in [-0.1, -0.05) is 30.7 Å². The van der Waals surface area contributed by atoms with E-state index in [-0.39, 0.29) is 5.69 Å². The first-order valence-corrected chi connectivity index (χ1v) is 7.72. The average molecular weight is 321 g/mol. The van der Waals surface area contributed by atoms with Gasteiger partial charge in [-0.3, -0.25) is 4.40 Å². The molecule has 0 fully saturated rings. The van der Waals surface area contributed by atoms with Crippen LogP contribution in [0.25, 0.3) is 16.2 Å². The molecule has 2 aromatic heterocycles. The fourth-order valence-electron chi connectivity index (χ4n) is 2.47. The molecule has 0 aliphatic heterocycles. The fraction of sp³-hybridized carbons (Fsp3) is 0.200. The Kier molecular flexibility index (Phi) is 3.47. The number of carboxylic acid groups (broad SMARTS) is 1. The van der Waals surface area contributed by atoms with E-state index < -0.39 is 5.97 Å². The number of fused-ring (bicyclic) bond motifs is 1. The molecular formula is C15H13ClN2O2S. The number of halogens is 1. The summed E-state index contributed by atoms with van der Waals surface area (Å²) in [5.74, 6) is -0.952. The Balaban J connectivity index is 2.36. The van der Waals surface area contributed by atoms with Crippen molar-refractivity contribution in [2.24, 2.45) is 0 Å². The summed E-state index contributed by atoms with van der Waals surface area (Å²) in [6.07, 6.45) is 0.592. The van der Waals surface area contributed by atoms with Crippen LogP contribution >= 0.6 is 22.9 Å². The summed E-state index contributed by atoms with van der Waals surface area (Å²) < 4.78 is 1.74. The van der Waals surface area contributed by atoms with Crippen molar-refractivity contribution in [3.63, 3.8) is 0 Å². The van der Waals surface area contributed by atoms with Crippen molar-refractivity contribution < 1.29 is 9.90 Å². The third-order valence-corrected chi connectivity index (χ3v) is 4.58. The normalized spacial score (nSPS) is 11.2. The predicted octanol–water partition coefficient (Wildman–Crippen LogP) is 4.29. The van der Waals surface area contributed by atoms with E-state index >= 15 is 0 Å². The number of hydrogen-bond donors (Lipinski definition) is 1. The third kappa shape index (κ3) is 2.22. The zero-order valence-corrected chi connectivity index (χ0v) is 13.1. The topological polar surface area (TPSA) is 54.6 Å². The number of benzene rings is 1. The summed E-state index contributed by atoms with van der Waals surface area (Å²) in [7, 11) is 0. The van der Waals surface area contributed by atoms with Gasteiger partial charge in [-0.15, -0.1) is 11.3 Å². The second-order valence-corrected chi connectivity index (χ2v) is 6.32. The molecule has 0 saturated carbocycles. The molecule has 4 nitrogen and oxygen atoms in total. The van der Waals surface area contributed by atoms with Gasteiger partial charge < -0.3 is 5.11 Å². The highest BCUT2D eigenvalue weighted by Crippen LogP contribution is 2.34. The van der Waals surface area contributed by atoms with Crippen molar-refractivity contribution in [1.82, 2.24) is 9.38 Å². The van der Waals surface area contributed by atoms with Crippen LogP contribution in [0.3, 0.4) is 0 Å². The smallest absolute Gasteiger partial charge is 0.354 e. The van der Waals surface area contributed by atoms with Crippen LogP contribution in [0.5, 0.6) is 0 Å². The molecule has 6 heteroatoms. The minimum Gasteiger partial charge on any atom is -0.477 e. The Hall–Kier alpha value is -1.85. The number of carboxylic acids is 1. The summed E-state index contributed by atoms with van der Waals surface area (Å²) >= 11 is 7.43. The van der Waals surface area contributed by atoms with E-state index in [0.717, 1.165) is 16.1 Å². The van der Waals surface area contributed by atoms with Crippen molar-refractivity contribution >= 4 is 33.9 Å². The Morgan fingerprint density at radius 3 is 2.62 bits per heavy atom. The molecule has 108 valence electrons. The second-order valence-electron chi connectivity index (χ2n) is 4.70. The highest BCUT2D eigenvalue weighted by molar-refractivity contribution is 7.17. The van der Waals surface area contributed by atoms with Gasteiger partial charge in [-0.05, 0) is 31.0 Å². The minimum absolute atomic E-state index is 0.252. The van der Waals surface area contributed by atoms with E-state index in [1.807, 2.05) is 26.0 Å². The van der Waals surface area contributed by atoms with E-state index in [9.17, 15) is 9.90 Å². The fourth-order valence-corrected chi connectivity index (χ4v) is 3.60. The SMILES string of the molecule is CCc1nc2sc(C)c(-c3ccc(Cl)cc3)n2c1C(=O)O. The molecule has 0 aliphatic carbocycles. The van der Waals surface area contributed by atoms with Crippen LogP contribution in [0, 0.1) is 6.92 Å².